The second-order valence-electron chi connectivity index (χ2n) is 15.3. The van der Waals surface area contributed by atoms with Crippen molar-refractivity contribution < 1.29 is 21.6 Å². The lowest BCUT2D eigenvalue weighted by molar-refractivity contribution is -0.157. The van der Waals surface area contributed by atoms with Gasteiger partial charge in [-0.1, -0.05) is 65.8 Å². The monoisotopic (exact) mass is 759 g/mol. The Morgan fingerprint density at radius 1 is 1.02 bits per heavy atom. The number of aromatic amines is 1. The van der Waals surface area contributed by atoms with E-state index < -0.39 is 27.9 Å². The number of aliphatic imine (C=N–C) groups is 1. The number of hydrogen-bond donors (Lipinski definition) is 6. The molecule has 1 saturated heterocycles. The fraction of sp³-hybridized carbons (Fsp3) is 0.486. The zero-order valence-electron chi connectivity index (χ0n) is 31.1. The minimum Gasteiger partial charge on any atom is -0.370 e. The molecule has 53 heavy (non-hydrogen) atoms. The van der Waals surface area contributed by atoms with Gasteiger partial charge in [0.1, 0.15) is 11.7 Å². The number of guanidine groups is 1. The number of nitrogens with zero attached hydrogens (tertiary/aromatic N) is 3. The van der Waals surface area contributed by atoms with E-state index in [2.05, 4.69) is 71.9 Å². The van der Waals surface area contributed by atoms with Gasteiger partial charge in [0.15, 0.2) is 5.96 Å². The summed E-state index contributed by atoms with van der Waals surface area (Å²) in [6.07, 6.45) is -1.11. The molecule has 2 aromatic carbocycles. The number of nitrogens with two attached hydrogens (primary N) is 2. The SMILES string of the molecule is CC(C)(C)c1cc2cn(-c3ccc(CNC(CCN=C(N)N)C(F)(F)F)cc3)c(=O)nc2[nH]1.CC(C)(C)c1ccc(S(=O)(=O)N[C@@H]2CCCNC2)cc1. The fourth-order valence-electron chi connectivity index (χ4n) is 5.68. The Morgan fingerprint density at radius 2 is 1.68 bits per heavy atom. The topological polar surface area (TPSA) is 185 Å². The quantitative estimate of drug-likeness (QED) is 0.0992. The molecule has 1 aliphatic rings. The molecule has 0 bridgehead atoms. The van der Waals surface area contributed by atoms with Crippen LogP contribution in [0.5, 0.6) is 0 Å². The first kappa shape index (κ1) is 41.5. The van der Waals surface area contributed by atoms with Crippen LogP contribution in [0.3, 0.4) is 0 Å². The van der Waals surface area contributed by atoms with Gasteiger partial charge in [0.25, 0.3) is 0 Å². The highest BCUT2D eigenvalue weighted by molar-refractivity contribution is 7.89. The Balaban J connectivity index is 0.000000267. The first-order valence-corrected chi connectivity index (χ1v) is 19.0. The summed E-state index contributed by atoms with van der Waals surface area (Å²) >= 11 is 0. The largest absolute Gasteiger partial charge is 0.403 e. The van der Waals surface area contributed by atoms with Crippen LogP contribution in [0.2, 0.25) is 0 Å². The number of aromatic nitrogens is 3. The lowest BCUT2D eigenvalue weighted by Gasteiger charge is -2.24. The molecule has 2 aromatic heterocycles. The van der Waals surface area contributed by atoms with Gasteiger partial charge in [-0.05, 0) is 72.7 Å². The summed E-state index contributed by atoms with van der Waals surface area (Å²) in [5, 5.41) is 6.50. The van der Waals surface area contributed by atoms with Crippen LogP contribution < -0.4 is 32.5 Å². The standard InChI is InChI=1S/C22H28F3N7O.C15H24N2O2S/c1-21(2,3)17-10-14-12-32(20(33)31-18(14)30-17)15-6-4-13(5-7-15)11-29-16(22(23,24)25)8-9-28-19(26)27;1-15(2,3)12-6-8-14(9-7-12)20(18,19)17-13-5-4-10-16-11-13/h4-7,10,12,16,29H,8-9,11H2,1-3H3,(H4,26,27,28)(H,30,31,33);6-9,13,16-17H,4-5,10-11H2,1-3H3/t;13-/m.1/s1. The molecule has 1 aliphatic heterocycles. The lowest BCUT2D eigenvalue weighted by Crippen LogP contribution is -2.45. The van der Waals surface area contributed by atoms with Crippen molar-refractivity contribution in [3.05, 3.63) is 88.1 Å². The molecule has 1 unspecified atom stereocenters. The average molecular weight is 760 g/mol. The molecule has 1 fully saturated rings. The van der Waals surface area contributed by atoms with Crippen LogP contribution in [-0.2, 0) is 27.4 Å². The molecule has 12 nitrogen and oxygen atoms in total. The molecule has 0 spiro atoms. The predicted octanol–water partition coefficient (Wildman–Crippen LogP) is 4.71. The first-order chi connectivity index (χ1) is 24.6. The smallest absolute Gasteiger partial charge is 0.370 e. The summed E-state index contributed by atoms with van der Waals surface area (Å²) in [5.41, 5.74) is 13.6. The van der Waals surface area contributed by atoms with Crippen molar-refractivity contribution in [2.24, 2.45) is 16.5 Å². The molecule has 5 rings (SSSR count). The van der Waals surface area contributed by atoms with Crippen LogP contribution in [0.4, 0.5) is 13.2 Å². The number of hydrogen-bond acceptors (Lipinski definition) is 7. The van der Waals surface area contributed by atoms with E-state index in [1.165, 1.54) is 4.57 Å². The minimum absolute atomic E-state index is 0.00366. The lowest BCUT2D eigenvalue weighted by atomic mass is 9.87. The molecule has 0 saturated carbocycles. The van der Waals surface area contributed by atoms with Gasteiger partial charge in [-0.15, -0.1) is 0 Å². The number of nitrogens with one attached hydrogen (secondary N) is 4. The molecule has 0 radical (unpaired) electrons. The number of halogens is 3. The highest BCUT2D eigenvalue weighted by Gasteiger charge is 2.38. The van der Waals surface area contributed by atoms with E-state index >= 15 is 0 Å². The highest BCUT2D eigenvalue weighted by atomic mass is 32.2. The summed E-state index contributed by atoms with van der Waals surface area (Å²) in [6.45, 7) is 14.0. The second-order valence-corrected chi connectivity index (χ2v) is 17.0. The number of rotatable bonds is 10. The summed E-state index contributed by atoms with van der Waals surface area (Å²) in [5.74, 6) is -0.247. The third-order valence-corrected chi connectivity index (χ3v) is 10.4. The average Bonchev–Trinajstić information content (AvgIpc) is 3.49. The number of alkyl halides is 3. The summed E-state index contributed by atoms with van der Waals surface area (Å²) < 4.78 is 68.6. The molecule has 0 amide bonds. The fourth-order valence-corrected chi connectivity index (χ4v) is 6.95. The normalized spacial score (nSPS) is 16.1. The van der Waals surface area contributed by atoms with Crippen LogP contribution >= 0.6 is 0 Å². The minimum atomic E-state index is -4.43. The Bertz CT molecular complexity index is 2000. The van der Waals surface area contributed by atoms with Crippen molar-refractivity contribution in [1.29, 1.82) is 0 Å². The maximum Gasteiger partial charge on any atom is 0.403 e. The van der Waals surface area contributed by atoms with Gasteiger partial charge in [0.05, 0.1) is 10.6 Å². The first-order valence-electron chi connectivity index (χ1n) is 17.5. The van der Waals surface area contributed by atoms with E-state index in [1.807, 2.05) is 18.2 Å². The van der Waals surface area contributed by atoms with Gasteiger partial charge in [0.2, 0.25) is 10.0 Å². The van der Waals surface area contributed by atoms with Crippen molar-refractivity contribution in [3.63, 3.8) is 0 Å². The van der Waals surface area contributed by atoms with E-state index in [-0.39, 0.29) is 42.3 Å². The van der Waals surface area contributed by atoms with Gasteiger partial charge in [-0.3, -0.25) is 9.56 Å². The molecule has 3 heterocycles. The summed E-state index contributed by atoms with van der Waals surface area (Å²) in [7, 11) is -3.41. The molecule has 290 valence electrons. The maximum atomic E-state index is 13.3. The van der Waals surface area contributed by atoms with Gasteiger partial charge in [-0.2, -0.15) is 18.2 Å². The molecule has 2 atom stereocenters. The van der Waals surface area contributed by atoms with E-state index in [0.29, 0.717) is 28.3 Å². The Morgan fingerprint density at radius 3 is 2.23 bits per heavy atom. The molecule has 16 heteroatoms. The zero-order chi connectivity index (χ0) is 39.2. The zero-order valence-corrected chi connectivity index (χ0v) is 32.0. The van der Waals surface area contributed by atoms with Crippen molar-refractivity contribution in [2.75, 3.05) is 19.6 Å². The van der Waals surface area contributed by atoms with Crippen molar-refractivity contribution in [3.8, 4) is 5.69 Å². The van der Waals surface area contributed by atoms with Crippen LogP contribution in [0.25, 0.3) is 16.7 Å². The van der Waals surface area contributed by atoms with Crippen molar-refractivity contribution in [1.82, 2.24) is 29.9 Å². The van der Waals surface area contributed by atoms with E-state index in [1.54, 1.807) is 42.6 Å². The van der Waals surface area contributed by atoms with Crippen LogP contribution in [0.15, 0.2) is 75.5 Å². The summed E-state index contributed by atoms with van der Waals surface area (Å²) in [4.78, 5) is 23.8. The van der Waals surface area contributed by atoms with Crippen molar-refractivity contribution in [2.45, 2.75) is 101 Å². The number of H-pyrrole nitrogens is 1. The molecular weight excluding hydrogens is 708 g/mol. The van der Waals surface area contributed by atoms with Gasteiger partial charge >= 0.3 is 11.9 Å². The van der Waals surface area contributed by atoms with Crippen LogP contribution in [0.1, 0.15) is 77.6 Å². The third kappa shape index (κ3) is 11.9. The predicted molar refractivity (Wildman–Crippen MR) is 204 cm³/mol. The van der Waals surface area contributed by atoms with Crippen LogP contribution in [0, 0.1) is 0 Å². The van der Waals surface area contributed by atoms with Crippen molar-refractivity contribution >= 4 is 27.0 Å². The Hall–Kier alpha value is -4.25. The third-order valence-electron chi connectivity index (χ3n) is 8.84. The Kier molecular flexibility index (Phi) is 13.2. The van der Waals surface area contributed by atoms with E-state index in [9.17, 15) is 26.4 Å². The Labute approximate surface area is 309 Å². The van der Waals surface area contributed by atoms with Gasteiger partial charge in [-0.25, -0.2) is 17.9 Å². The number of sulfonamides is 1. The molecule has 0 aliphatic carbocycles. The highest BCUT2D eigenvalue weighted by Crippen LogP contribution is 2.26. The number of piperidine rings is 1. The summed E-state index contributed by atoms with van der Waals surface area (Å²) in [6, 6.07) is 14.1. The molecule has 4 aromatic rings. The van der Waals surface area contributed by atoms with Crippen LogP contribution in [-0.4, -0.2) is 66.8 Å². The second kappa shape index (κ2) is 16.8. The number of fused-ring (bicyclic) bond motifs is 1. The van der Waals surface area contributed by atoms with E-state index in [4.69, 9.17) is 11.5 Å². The molecular formula is C37H52F3N9O3S. The van der Waals surface area contributed by atoms with E-state index in [0.717, 1.165) is 36.0 Å². The molecule has 8 N–H and O–H groups in total. The van der Waals surface area contributed by atoms with Gasteiger partial charge < -0.3 is 27.1 Å². The maximum absolute atomic E-state index is 13.3. The number of benzene rings is 2. The van der Waals surface area contributed by atoms with Gasteiger partial charge in [0, 0.05) is 48.4 Å².